The zero-order valence-electron chi connectivity index (χ0n) is 15.5. The van der Waals surface area contributed by atoms with Crippen LogP contribution in [0.2, 0.25) is 0 Å². The SMILES string of the molecule is Cc1cn2c(C3(C#N)CCNOCC3)ncc2c(=O)n1Cc1cccc(F)c1. The summed E-state index contributed by atoms with van der Waals surface area (Å²) < 4.78 is 16.8. The highest BCUT2D eigenvalue weighted by molar-refractivity contribution is 5.47. The number of halogens is 1. The van der Waals surface area contributed by atoms with E-state index in [1.165, 1.54) is 18.3 Å². The van der Waals surface area contributed by atoms with Gasteiger partial charge in [-0.25, -0.2) is 14.9 Å². The van der Waals surface area contributed by atoms with Crippen LogP contribution in [-0.2, 0) is 16.8 Å². The Bertz CT molecular complexity index is 1120. The van der Waals surface area contributed by atoms with Gasteiger partial charge < -0.3 is 9.40 Å². The molecule has 1 saturated heterocycles. The van der Waals surface area contributed by atoms with Crippen molar-refractivity contribution >= 4 is 5.52 Å². The van der Waals surface area contributed by atoms with Gasteiger partial charge in [0.05, 0.1) is 25.4 Å². The predicted octanol–water partition coefficient (Wildman–Crippen LogP) is 2.07. The fourth-order valence-corrected chi connectivity index (χ4v) is 3.72. The van der Waals surface area contributed by atoms with Crippen LogP contribution >= 0.6 is 0 Å². The van der Waals surface area contributed by atoms with Gasteiger partial charge in [0, 0.05) is 18.4 Å². The summed E-state index contributed by atoms with van der Waals surface area (Å²) in [5.41, 5.74) is 3.57. The maximum Gasteiger partial charge on any atom is 0.276 e. The van der Waals surface area contributed by atoms with Gasteiger partial charge in [-0.2, -0.15) is 5.26 Å². The highest BCUT2D eigenvalue weighted by Gasteiger charge is 2.37. The average molecular weight is 381 g/mol. The zero-order valence-corrected chi connectivity index (χ0v) is 15.5. The number of rotatable bonds is 3. The number of aromatic nitrogens is 3. The maximum atomic E-state index is 13.5. The van der Waals surface area contributed by atoms with Crippen LogP contribution < -0.4 is 11.0 Å². The van der Waals surface area contributed by atoms with Crippen LogP contribution in [0, 0.1) is 24.1 Å². The van der Waals surface area contributed by atoms with E-state index in [4.69, 9.17) is 4.84 Å². The molecule has 1 atom stereocenters. The molecule has 1 fully saturated rings. The number of hydrogen-bond donors (Lipinski definition) is 1. The van der Waals surface area contributed by atoms with Crippen molar-refractivity contribution in [1.82, 2.24) is 19.4 Å². The fourth-order valence-electron chi connectivity index (χ4n) is 3.72. The van der Waals surface area contributed by atoms with E-state index in [9.17, 15) is 14.4 Å². The first-order valence-corrected chi connectivity index (χ1v) is 9.12. The van der Waals surface area contributed by atoms with Crippen LogP contribution in [0.5, 0.6) is 0 Å². The molecule has 3 heterocycles. The van der Waals surface area contributed by atoms with E-state index in [0.29, 0.717) is 48.6 Å². The summed E-state index contributed by atoms with van der Waals surface area (Å²) in [6.07, 6.45) is 4.35. The quantitative estimate of drug-likeness (QED) is 0.751. The van der Waals surface area contributed by atoms with E-state index in [1.54, 1.807) is 21.1 Å². The number of nitriles is 1. The van der Waals surface area contributed by atoms with Gasteiger partial charge in [-0.1, -0.05) is 12.1 Å². The number of hydroxylamine groups is 1. The molecule has 0 spiro atoms. The van der Waals surface area contributed by atoms with Crippen molar-refractivity contribution in [2.24, 2.45) is 0 Å². The summed E-state index contributed by atoms with van der Waals surface area (Å²) in [5.74, 6) is 0.214. The Morgan fingerprint density at radius 3 is 3.07 bits per heavy atom. The fraction of sp³-hybridized carbons (Fsp3) is 0.350. The molecule has 2 aromatic heterocycles. The largest absolute Gasteiger partial charge is 0.305 e. The smallest absolute Gasteiger partial charge is 0.276 e. The molecule has 1 aliphatic heterocycles. The molecule has 4 rings (SSSR count). The minimum atomic E-state index is -0.830. The molecule has 1 aromatic carbocycles. The molecule has 3 aromatic rings. The van der Waals surface area contributed by atoms with Crippen LogP contribution in [0.15, 0.2) is 41.5 Å². The lowest BCUT2D eigenvalue weighted by Gasteiger charge is -2.23. The summed E-state index contributed by atoms with van der Waals surface area (Å²) >= 11 is 0. The van der Waals surface area contributed by atoms with Gasteiger partial charge in [0.15, 0.2) is 0 Å². The van der Waals surface area contributed by atoms with Crippen molar-refractivity contribution in [2.75, 3.05) is 13.2 Å². The molecule has 28 heavy (non-hydrogen) atoms. The molecule has 0 aliphatic carbocycles. The van der Waals surface area contributed by atoms with Crippen molar-refractivity contribution in [2.45, 2.75) is 31.7 Å². The third kappa shape index (κ3) is 3.09. The number of hydrogen-bond acceptors (Lipinski definition) is 5. The molecule has 8 heteroatoms. The second kappa shape index (κ2) is 7.19. The van der Waals surface area contributed by atoms with E-state index >= 15 is 0 Å². The van der Waals surface area contributed by atoms with E-state index in [0.717, 1.165) is 0 Å². The van der Waals surface area contributed by atoms with Gasteiger partial charge in [0.2, 0.25) is 0 Å². The molecular weight excluding hydrogens is 361 g/mol. The van der Waals surface area contributed by atoms with Gasteiger partial charge in [-0.3, -0.25) is 9.20 Å². The first-order chi connectivity index (χ1) is 13.5. The Morgan fingerprint density at radius 1 is 1.43 bits per heavy atom. The van der Waals surface area contributed by atoms with E-state index in [2.05, 4.69) is 16.5 Å². The standard InChI is InChI=1S/C20H20FN5O2/c1-14-11-26-17(18(27)25(14)12-15-3-2-4-16(21)9-15)10-23-19(26)20(13-22)5-7-24-28-8-6-20/h2-4,9-11,24H,5-8,12H2,1H3. The molecular formula is C20H20FN5O2. The van der Waals surface area contributed by atoms with Gasteiger partial charge in [0.1, 0.15) is 22.6 Å². The number of nitrogens with one attached hydrogen (secondary N) is 1. The average Bonchev–Trinajstić information content (AvgIpc) is 2.96. The lowest BCUT2D eigenvalue weighted by molar-refractivity contribution is 0.0512. The Hall–Kier alpha value is -3.02. The lowest BCUT2D eigenvalue weighted by Crippen LogP contribution is -2.31. The number of fused-ring (bicyclic) bond motifs is 1. The molecule has 0 bridgehead atoms. The zero-order chi connectivity index (χ0) is 19.7. The van der Waals surface area contributed by atoms with E-state index in [1.807, 2.05) is 13.1 Å². The lowest BCUT2D eigenvalue weighted by atomic mass is 9.82. The van der Waals surface area contributed by atoms with Crippen molar-refractivity contribution < 1.29 is 9.23 Å². The van der Waals surface area contributed by atoms with E-state index < -0.39 is 5.41 Å². The molecule has 1 aliphatic rings. The number of benzene rings is 1. The molecule has 144 valence electrons. The van der Waals surface area contributed by atoms with Crippen LogP contribution in [0.1, 0.15) is 29.9 Å². The minimum Gasteiger partial charge on any atom is -0.305 e. The van der Waals surface area contributed by atoms with Crippen molar-refractivity contribution in [3.05, 3.63) is 69.9 Å². The van der Waals surface area contributed by atoms with Crippen LogP contribution in [-0.4, -0.2) is 27.1 Å². The molecule has 1 N–H and O–H groups in total. The summed E-state index contributed by atoms with van der Waals surface area (Å²) in [5, 5.41) is 9.91. The van der Waals surface area contributed by atoms with Gasteiger partial charge in [0.25, 0.3) is 5.56 Å². The second-order valence-electron chi connectivity index (χ2n) is 7.07. The number of aryl methyl sites for hydroxylation is 1. The Morgan fingerprint density at radius 2 is 2.29 bits per heavy atom. The normalized spacial score (nSPS) is 20.0. The highest BCUT2D eigenvalue weighted by atomic mass is 19.1. The van der Waals surface area contributed by atoms with Crippen molar-refractivity contribution in [3.63, 3.8) is 0 Å². The third-order valence-corrected chi connectivity index (χ3v) is 5.26. The Balaban J connectivity index is 1.82. The Kier molecular flexibility index (Phi) is 4.71. The van der Waals surface area contributed by atoms with Gasteiger partial charge in [-0.15, -0.1) is 0 Å². The second-order valence-corrected chi connectivity index (χ2v) is 7.07. The number of nitrogens with zero attached hydrogens (tertiary/aromatic N) is 4. The van der Waals surface area contributed by atoms with Crippen LogP contribution in [0.25, 0.3) is 5.52 Å². The molecule has 0 amide bonds. The van der Waals surface area contributed by atoms with Crippen molar-refractivity contribution in [3.8, 4) is 6.07 Å². The van der Waals surface area contributed by atoms with Crippen molar-refractivity contribution in [1.29, 1.82) is 5.26 Å². The molecule has 7 nitrogen and oxygen atoms in total. The van der Waals surface area contributed by atoms with Gasteiger partial charge in [-0.05, 0) is 37.5 Å². The first kappa shape index (κ1) is 18.3. The van der Waals surface area contributed by atoms with Crippen LogP contribution in [0.3, 0.4) is 0 Å². The monoisotopic (exact) mass is 381 g/mol. The summed E-state index contributed by atoms with van der Waals surface area (Å²) in [6, 6.07) is 8.59. The molecule has 0 saturated carbocycles. The topological polar surface area (TPSA) is 84.3 Å². The molecule has 1 unspecified atom stereocenters. The maximum absolute atomic E-state index is 13.5. The third-order valence-electron chi connectivity index (χ3n) is 5.26. The molecule has 0 radical (unpaired) electrons. The van der Waals surface area contributed by atoms with Gasteiger partial charge >= 0.3 is 0 Å². The Labute approximate surface area is 161 Å². The van der Waals surface area contributed by atoms with E-state index in [-0.39, 0.29) is 17.9 Å². The highest BCUT2D eigenvalue weighted by Crippen LogP contribution is 2.31. The minimum absolute atomic E-state index is 0.223. The summed E-state index contributed by atoms with van der Waals surface area (Å²) in [4.78, 5) is 22.8. The number of imidazole rings is 1. The summed E-state index contributed by atoms with van der Waals surface area (Å²) in [6.45, 7) is 3.00. The van der Waals surface area contributed by atoms with Crippen LogP contribution in [0.4, 0.5) is 4.39 Å². The predicted molar refractivity (Wildman–Crippen MR) is 100 cm³/mol. The first-order valence-electron chi connectivity index (χ1n) is 9.12. The summed E-state index contributed by atoms with van der Waals surface area (Å²) in [7, 11) is 0.